The van der Waals surface area contributed by atoms with Crippen LogP contribution in [0.1, 0.15) is 50.4 Å². The van der Waals surface area contributed by atoms with Crippen molar-refractivity contribution in [3.8, 4) is 17.3 Å². The molecule has 6 heteroatoms. The van der Waals surface area contributed by atoms with Gasteiger partial charge in [-0.1, -0.05) is 30.3 Å². The summed E-state index contributed by atoms with van der Waals surface area (Å²) in [5, 5.41) is 15.6. The maximum absolute atomic E-state index is 10.8. The molecule has 0 amide bonds. The molecule has 0 unspecified atom stereocenters. The zero-order valence-electron chi connectivity index (χ0n) is 21.7. The van der Waals surface area contributed by atoms with Gasteiger partial charge in [0.1, 0.15) is 5.75 Å². The molecule has 0 radical (unpaired) electrons. The second-order valence-corrected chi connectivity index (χ2v) is 10.7. The van der Waals surface area contributed by atoms with Gasteiger partial charge in [-0.25, -0.2) is 4.68 Å². The van der Waals surface area contributed by atoms with Crippen molar-refractivity contribution >= 4 is 0 Å². The summed E-state index contributed by atoms with van der Waals surface area (Å²) in [5.41, 5.74) is 3.79. The SMILES string of the molecule is Cc1cccc(Oc2c(CN(CC3CC3)C[C@@H](O)COC(C)(C)C)c(C)nn2-c2ccccc2)c1. The van der Waals surface area contributed by atoms with Crippen LogP contribution in [-0.4, -0.2) is 51.2 Å². The lowest BCUT2D eigenvalue weighted by Crippen LogP contribution is -2.37. The molecule has 188 valence electrons. The minimum atomic E-state index is -0.557. The topological polar surface area (TPSA) is 59.8 Å². The number of aromatic nitrogens is 2. The summed E-state index contributed by atoms with van der Waals surface area (Å²) in [5.74, 6) is 2.20. The second kappa shape index (κ2) is 10.9. The van der Waals surface area contributed by atoms with Gasteiger partial charge in [0, 0.05) is 19.6 Å². The summed E-state index contributed by atoms with van der Waals surface area (Å²) in [6.07, 6.45) is 1.94. The van der Waals surface area contributed by atoms with Crippen LogP contribution in [0.25, 0.3) is 5.69 Å². The smallest absolute Gasteiger partial charge is 0.227 e. The Morgan fingerprint density at radius 2 is 1.83 bits per heavy atom. The molecule has 0 bridgehead atoms. The van der Waals surface area contributed by atoms with Gasteiger partial charge < -0.3 is 14.6 Å². The van der Waals surface area contributed by atoms with Gasteiger partial charge in [0.2, 0.25) is 5.88 Å². The number of rotatable bonds is 11. The molecule has 1 saturated carbocycles. The van der Waals surface area contributed by atoms with Crippen LogP contribution in [0, 0.1) is 19.8 Å². The second-order valence-electron chi connectivity index (χ2n) is 10.7. The quantitative estimate of drug-likeness (QED) is 0.386. The molecule has 1 fully saturated rings. The first-order valence-corrected chi connectivity index (χ1v) is 12.6. The Hall–Kier alpha value is -2.67. The Kier molecular flexibility index (Phi) is 7.95. The average molecular weight is 478 g/mol. The van der Waals surface area contributed by atoms with Crippen LogP contribution in [0.15, 0.2) is 54.6 Å². The number of nitrogens with zero attached hydrogens (tertiary/aromatic N) is 3. The molecule has 4 rings (SSSR count). The van der Waals surface area contributed by atoms with Crippen molar-refractivity contribution in [1.29, 1.82) is 0 Å². The Labute approximate surface area is 209 Å². The summed E-state index contributed by atoms with van der Waals surface area (Å²) in [4.78, 5) is 2.33. The largest absolute Gasteiger partial charge is 0.439 e. The van der Waals surface area contributed by atoms with Crippen molar-refractivity contribution in [2.24, 2.45) is 5.92 Å². The first-order valence-electron chi connectivity index (χ1n) is 12.6. The number of aryl methyl sites for hydroxylation is 2. The van der Waals surface area contributed by atoms with Crippen LogP contribution in [0.5, 0.6) is 11.6 Å². The fraction of sp³-hybridized carbons (Fsp3) is 0.483. The van der Waals surface area contributed by atoms with E-state index < -0.39 is 6.10 Å². The molecule has 1 atom stereocenters. The summed E-state index contributed by atoms with van der Waals surface area (Å²) >= 11 is 0. The van der Waals surface area contributed by atoms with E-state index in [-0.39, 0.29) is 5.60 Å². The van der Waals surface area contributed by atoms with Crippen LogP contribution in [0.3, 0.4) is 0 Å². The zero-order chi connectivity index (χ0) is 25.0. The van der Waals surface area contributed by atoms with Crippen LogP contribution >= 0.6 is 0 Å². The third-order valence-corrected chi connectivity index (χ3v) is 6.11. The minimum Gasteiger partial charge on any atom is -0.439 e. The highest BCUT2D eigenvalue weighted by molar-refractivity contribution is 5.43. The average Bonchev–Trinajstić information content (AvgIpc) is 3.57. The molecule has 1 aliphatic rings. The van der Waals surface area contributed by atoms with E-state index in [9.17, 15) is 5.11 Å². The van der Waals surface area contributed by atoms with Crippen molar-refractivity contribution in [2.75, 3.05) is 19.7 Å². The molecule has 6 nitrogen and oxygen atoms in total. The third-order valence-electron chi connectivity index (χ3n) is 6.11. The number of ether oxygens (including phenoxy) is 2. The lowest BCUT2D eigenvalue weighted by molar-refractivity contribution is -0.0569. The number of para-hydroxylation sites is 1. The van der Waals surface area contributed by atoms with Crippen molar-refractivity contribution in [2.45, 2.75) is 65.7 Å². The van der Waals surface area contributed by atoms with E-state index in [4.69, 9.17) is 14.6 Å². The van der Waals surface area contributed by atoms with Crippen molar-refractivity contribution in [1.82, 2.24) is 14.7 Å². The molecule has 1 N–H and O–H groups in total. The molecule has 0 aliphatic heterocycles. The number of aliphatic hydroxyl groups excluding tert-OH is 1. The van der Waals surface area contributed by atoms with Gasteiger partial charge in [0.05, 0.1) is 35.3 Å². The van der Waals surface area contributed by atoms with Crippen molar-refractivity contribution in [3.05, 3.63) is 71.4 Å². The van der Waals surface area contributed by atoms with E-state index in [1.165, 1.54) is 12.8 Å². The summed E-state index contributed by atoms with van der Waals surface area (Å²) in [7, 11) is 0. The van der Waals surface area contributed by atoms with E-state index in [1.54, 1.807) is 0 Å². The molecular weight excluding hydrogens is 438 g/mol. The highest BCUT2D eigenvalue weighted by Crippen LogP contribution is 2.34. The van der Waals surface area contributed by atoms with Crippen molar-refractivity contribution in [3.63, 3.8) is 0 Å². The molecule has 0 spiro atoms. The zero-order valence-corrected chi connectivity index (χ0v) is 21.7. The van der Waals surface area contributed by atoms with Crippen LogP contribution in [0.4, 0.5) is 0 Å². The lowest BCUT2D eigenvalue weighted by Gasteiger charge is -2.27. The Morgan fingerprint density at radius 3 is 2.49 bits per heavy atom. The van der Waals surface area contributed by atoms with Gasteiger partial charge in [0.25, 0.3) is 0 Å². The van der Waals surface area contributed by atoms with Crippen LogP contribution in [0.2, 0.25) is 0 Å². The Balaban J connectivity index is 1.62. The highest BCUT2D eigenvalue weighted by atomic mass is 16.5. The fourth-order valence-corrected chi connectivity index (χ4v) is 4.15. The third kappa shape index (κ3) is 7.40. The van der Waals surface area contributed by atoms with E-state index in [0.717, 1.165) is 40.7 Å². The number of hydrogen-bond donors (Lipinski definition) is 1. The molecule has 1 heterocycles. The lowest BCUT2D eigenvalue weighted by atomic mass is 10.2. The van der Waals surface area contributed by atoms with E-state index in [2.05, 4.69) is 17.9 Å². The Morgan fingerprint density at radius 1 is 1.09 bits per heavy atom. The molecule has 2 aromatic carbocycles. The predicted molar refractivity (Wildman–Crippen MR) is 139 cm³/mol. The standard InChI is InChI=1S/C29H39N3O3/c1-21-10-9-13-26(16-21)35-28-27(22(2)30-32(28)24-11-7-6-8-12-24)19-31(17-23-14-15-23)18-25(33)20-34-29(3,4)5/h6-13,16,23,25,33H,14-15,17-20H2,1-5H3/t25-/m1/s1. The van der Waals surface area contributed by atoms with E-state index in [0.29, 0.717) is 25.6 Å². The molecule has 3 aromatic rings. The van der Waals surface area contributed by atoms with Gasteiger partial charge in [-0.2, -0.15) is 5.10 Å². The van der Waals surface area contributed by atoms with Gasteiger partial charge in [-0.15, -0.1) is 0 Å². The van der Waals surface area contributed by atoms with E-state index >= 15 is 0 Å². The van der Waals surface area contributed by atoms with Crippen LogP contribution in [-0.2, 0) is 11.3 Å². The fourth-order valence-electron chi connectivity index (χ4n) is 4.15. The molecule has 1 aliphatic carbocycles. The molecular formula is C29H39N3O3. The van der Waals surface area contributed by atoms with Crippen LogP contribution < -0.4 is 4.74 Å². The van der Waals surface area contributed by atoms with Crippen molar-refractivity contribution < 1.29 is 14.6 Å². The summed E-state index contributed by atoms with van der Waals surface area (Å²) < 4.78 is 14.2. The summed E-state index contributed by atoms with van der Waals surface area (Å²) in [6, 6.07) is 18.2. The minimum absolute atomic E-state index is 0.273. The molecule has 35 heavy (non-hydrogen) atoms. The number of hydrogen-bond acceptors (Lipinski definition) is 5. The number of aliphatic hydroxyl groups is 1. The molecule has 1 aromatic heterocycles. The van der Waals surface area contributed by atoms with Gasteiger partial charge in [-0.05, 0) is 83.2 Å². The maximum atomic E-state index is 10.8. The summed E-state index contributed by atoms with van der Waals surface area (Å²) in [6.45, 7) is 12.6. The monoisotopic (exact) mass is 477 g/mol. The highest BCUT2D eigenvalue weighted by Gasteiger charge is 2.28. The van der Waals surface area contributed by atoms with E-state index in [1.807, 2.05) is 80.9 Å². The predicted octanol–water partition coefficient (Wildman–Crippen LogP) is 5.67. The van der Waals surface area contributed by atoms with Gasteiger partial charge in [0.15, 0.2) is 0 Å². The van der Waals surface area contributed by atoms with Gasteiger partial charge in [-0.3, -0.25) is 4.90 Å². The number of benzene rings is 2. The first-order chi connectivity index (χ1) is 16.7. The first kappa shape index (κ1) is 25.4. The van der Waals surface area contributed by atoms with Gasteiger partial charge >= 0.3 is 0 Å². The Bertz CT molecular complexity index is 1100. The molecule has 0 saturated heterocycles. The normalized spacial score (nSPS) is 14.9. The maximum Gasteiger partial charge on any atom is 0.227 e.